The molecule has 1 aliphatic rings. The third-order valence-corrected chi connectivity index (χ3v) is 2.03. The smallest absolute Gasteiger partial charge is 0.174 e. The highest BCUT2D eigenvalue weighted by Crippen LogP contribution is 2.06. The number of nitrogens with zero attached hydrogens (tertiary/aromatic N) is 2. The molecule has 0 amide bonds. The van der Waals surface area contributed by atoms with E-state index in [4.69, 9.17) is 9.47 Å². The van der Waals surface area contributed by atoms with Gasteiger partial charge in [-0.3, -0.25) is 0 Å². The first kappa shape index (κ1) is 11.3. The molecule has 1 aliphatic heterocycles. The maximum Gasteiger partial charge on any atom is 0.174 e. The Kier molecular flexibility index (Phi) is 4.76. The maximum absolute atomic E-state index is 5.46. The summed E-state index contributed by atoms with van der Waals surface area (Å²) in [7, 11) is 2.05. The molecule has 0 aromatic carbocycles. The predicted molar refractivity (Wildman–Crippen MR) is 55.5 cm³/mol. The molecule has 4 nitrogen and oxygen atoms in total. The van der Waals surface area contributed by atoms with E-state index in [2.05, 4.69) is 22.2 Å². The van der Waals surface area contributed by atoms with Crippen molar-refractivity contribution in [1.82, 2.24) is 9.80 Å². The van der Waals surface area contributed by atoms with Crippen molar-refractivity contribution in [3.8, 4) is 0 Å². The molecule has 0 spiro atoms. The first-order chi connectivity index (χ1) is 6.76. The largest absolute Gasteiger partial charge is 0.362 e. The van der Waals surface area contributed by atoms with Crippen molar-refractivity contribution in [1.29, 1.82) is 0 Å². The van der Waals surface area contributed by atoms with E-state index in [0.717, 1.165) is 13.2 Å². The molecule has 0 aromatic rings. The van der Waals surface area contributed by atoms with Crippen LogP contribution >= 0.6 is 0 Å². The van der Waals surface area contributed by atoms with Gasteiger partial charge in [0, 0.05) is 32.7 Å². The van der Waals surface area contributed by atoms with Crippen LogP contribution in [0.15, 0.2) is 12.4 Å². The quantitative estimate of drug-likeness (QED) is 0.599. The second-order valence-electron chi connectivity index (χ2n) is 3.31. The van der Waals surface area contributed by atoms with Gasteiger partial charge in [0.2, 0.25) is 0 Å². The van der Waals surface area contributed by atoms with Gasteiger partial charge in [-0.05, 0) is 13.8 Å². The van der Waals surface area contributed by atoms with Gasteiger partial charge in [0.15, 0.2) is 6.29 Å². The van der Waals surface area contributed by atoms with E-state index >= 15 is 0 Å². The molecule has 0 unspecified atom stereocenters. The van der Waals surface area contributed by atoms with Gasteiger partial charge in [-0.15, -0.1) is 0 Å². The van der Waals surface area contributed by atoms with Crippen LogP contribution in [0.3, 0.4) is 0 Å². The van der Waals surface area contributed by atoms with Crippen molar-refractivity contribution in [2.45, 2.75) is 20.1 Å². The monoisotopic (exact) mass is 200 g/mol. The molecule has 1 heterocycles. The highest BCUT2D eigenvalue weighted by atomic mass is 16.7. The van der Waals surface area contributed by atoms with E-state index < -0.39 is 0 Å². The van der Waals surface area contributed by atoms with Crippen LogP contribution in [0.4, 0.5) is 0 Å². The highest BCUT2D eigenvalue weighted by Gasteiger charge is 2.15. The molecule has 0 saturated heterocycles. The minimum absolute atomic E-state index is 0.110. The van der Waals surface area contributed by atoms with Gasteiger partial charge in [-0.25, -0.2) is 0 Å². The van der Waals surface area contributed by atoms with Crippen LogP contribution in [0.5, 0.6) is 0 Å². The lowest BCUT2D eigenvalue weighted by molar-refractivity contribution is -0.143. The molecule has 0 atom stereocenters. The van der Waals surface area contributed by atoms with Gasteiger partial charge in [0.05, 0.1) is 13.2 Å². The second-order valence-corrected chi connectivity index (χ2v) is 3.31. The summed E-state index contributed by atoms with van der Waals surface area (Å²) < 4.78 is 10.9. The fraction of sp³-hybridized carbons (Fsp3) is 0.800. The van der Waals surface area contributed by atoms with Crippen molar-refractivity contribution in [3.63, 3.8) is 0 Å². The molecule has 0 aliphatic carbocycles. The molecule has 0 radical (unpaired) electrons. The van der Waals surface area contributed by atoms with Crippen LogP contribution in [0, 0.1) is 0 Å². The van der Waals surface area contributed by atoms with E-state index in [1.165, 1.54) is 0 Å². The summed E-state index contributed by atoms with van der Waals surface area (Å²) in [6.07, 6.45) is 4.00. The van der Waals surface area contributed by atoms with Crippen molar-refractivity contribution in [2.75, 3.05) is 33.5 Å². The minimum atomic E-state index is -0.110. The zero-order valence-electron chi connectivity index (χ0n) is 9.27. The topological polar surface area (TPSA) is 24.9 Å². The van der Waals surface area contributed by atoms with E-state index in [0.29, 0.717) is 13.2 Å². The fourth-order valence-corrected chi connectivity index (χ4v) is 1.42. The minimum Gasteiger partial charge on any atom is -0.362 e. The predicted octanol–water partition coefficient (Wildman–Crippen LogP) is 1.06. The molecule has 14 heavy (non-hydrogen) atoms. The molecule has 82 valence electrons. The van der Waals surface area contributed by atoms with Crippen molar-refractivity contribution in [3.05, 3.63) is 12.4 Å². The van der Waals surface area contributed by atoms with E-state index in [9.17, 15) is 0 Å². The summed E-state index contributed by atoms with van der Waals surface area (Å²) in [5.41, 5.74) is 0. The Bertz CT molecular complexity index is 179. The molecule has 1 rings (SSSR count). The Morgan fingerprint density at radius 2 is 1.86 bits per heavy atom. The molecule has 0 bridgehead atoms. The Morgan fingerprint density at radius 3 is 2.29 bits per heavy atom. The number of hydrogen-bond acceptors (Lipinski definition) is 4. The zero-order valence-corrected chi connectivity index (χ0v) is 9.27. The van der Waals surface area contributed by atoms with E-state index in [1.807, 2.05) is 20.9 Å². The summed E-state index contributed by atoms with van der Waals surface area (Å²) in [4.78, 5) is 4.30. The SMILES string of the molecule is CCOC(CN1C=CN(C)C1)OCC. The third kappa shape index (κ3) is 3.55. The zero-order chi connectivity index (χ0) is 10.4. The van der Waals surface area contributed by atoms with Gasteiger partial charge in [0.1, 0.15) is 0 Å². The van der Waals surface area contributed by atoms with Gasteiger partial charge >= 0.3 is 0 Å². The number of ether oxygens (including phenoxy) is 2. The molecule has 0 fully saturated rings. The van der Waals surface area contributed by atoms with Crippen LogP contribution in [0.25, 0.3) is 0 Å². The van der Waals surface area contributed by atoms with E-state index in [1.54, 1.807) is 0 Å². The summed E-state index contributed by atoms with van der Waals surface area (Å²) in [6, 6.07) is 0. The van der Waals surface area contributed by atoms with Crippen LogP contribution < -0.4 is 0 Å². The van der Waals surface area contributed by atoms with Crippen LogP contribution in [-0.2, 0) is 9.47 Å². The molecular weight excluding hydrogens is 180 g/mol. The van der Waals surface area contributed by atoms with Gasteiger partial charge in [-0.2, -0.15) is 0 Å². The molecule has 0 aromatic heterocycles. The van der Waals surface area contributed by atoms with Crippen LogP contribution in [-0.4, -0.2) is 49.6 Å². The van der Waals surface area contributed by atoms with Gasteiger partial charge in [0.25, 0.3) is 0 Å². The average Bonchev–Trinajstić information content (AvgIpc) is 2.52. The van der Waals surface area contributed by atoms with Crippen molar-refractivity contribution in [2.24, 2.45) is 0 Å². The lowest BCUT2D eigenvalue weighted by Crippen LogP contribution is -2.34. The molecule has 0 saturated carbocycles. The average molecular weight is 200 g/mol. The molecular formula is C10H20N2O2. The van der Waals surface area contributed by atoms with Crippen molar-refractivity contribution >= 4 is 0 Å². The van der Waals surface area contributed by atoms with Gasteiger partial charge < -0.3 is 19.3 Å². The standard InChI is InChI=1S/C10H20N2O2/c1-4-13-10(14-5-2)8-12-7-6-11(3)9-12/h6-7,10H,4-5,8-9H2,1-3H3. The Morgan fingerprint density at radius 1 is 1.21 bits per heavy atom. The molecule has 0 N–H and O–H groups in total. The maximum atomic E-state index is 5.46. The normalized spacial score (nSPS) is 16.0. The van der Waals surface area contributed by atoms with Crippen molar-refractivity contribution < 1.29 is 9.47 Å². The first-order valence-corrected chi connectivity index (χ1v) is 5.12. The van der Waals surface area contributed by atoms with E-state index in [-0.39, 0.29) is 6.29 Å². The molecule has 4 heteroatoms. The Labute approximate surface area is 86.1 Å². The summed E-state index contributed by atoms with van der Waals surface area (Å²) >= 11 is 0. The Balaban J connectivity index is 2.28. The highest BCUT2D eigenvalue weighted by molar-refractivity contribution is 4.88. The third-order valence-electron chi connectivity index (χ3n) is 2.03. The second kappa shape index (κ2) is 5.88. The summed E-state index contributed by atoms with van der Waals surface area (Å²) in [5.74, 6) is 0. The Hall–Kier alpha value is -0.740. The number of rotatable bonds is 6. The number of hydrogen-bond donors (Lipinski definition) is 0. The fourth-order valence-electron chi connectivity index (χ4n) is 1.42. The van der Waals surface area contributed by atoms with Gasteiger partial charge in [-0.1, -0.05) is 0 Å². The lowest BCUT2D eigenvalue weighted by Gasteiger charge is -2.24. The summed E-state index contributed by atoms with van der Waals surface area (Å²) in [5, 5.41) is 0. The van der Waals surface area contributed by atoms with Crippen LogP contribution in [0.1, 0.15) is 13.8 Å². The first-order valence-electron chi connectivity index (χ1n) is 5.12. The van der Waals surface area contributed by atoms with Crippen LogP contribution in [0.2, 0.25) is 0 Å². The lowest BCUT2D eigenvalue weighted by atomic mass is 10.5. The summed E-state index contributed by atoms with van der Waals surface area (Å²) in [6.45, 7) is 7.06.